The lowest BCUT2D eigenvalue weighted by Crippen LogP contribution is -2.21. The molecule has 0 atom stereocenters. The molecule has 1 aromatic heterocycles. The molecule has 4 heteroatoms. The summed E-state index contributed by atoms with van der Waals surface area (Å²) in [5.74, 6) is -0.0678. The van der Waals surface area contributed by atoms with E-state index in [0.29, 0.717) is 10.7 Å². The number of hydrogen-bond acceptors (Lipinski definition) is 1. The van der Waals surface area contributed by atoms with Crippen molar-refractivity contribution in [2.45, 2.75) is 0 Å². The zero-order valence-corrected chi connectivity index (χ0v) is 10.2. The summed E-state index contributed by atoms with van der Waals surface area (Å²) in [5.41, 5.74) is 1.54. The topological polar surface area (TPSA) is 25.2 Å². The van der Waals surface area contributed by atoms with E-state index in [-0.39, 0.29) is 5.91 Å². The first kappa shape index (κ1) is 11.0. The summed E-state index contributed by atoms with van der Waals surface area (Å²) in [7, 11) is 5.30. The minimum Gasteiger partial charge on any atom is -0.345 e. The number of rotatable bonds is 1. The first-order chi connectivity index (χ1) is 7.54. The first-order valence-electron chi connectivity index (χ1n) is 4.98. The highest BCUT2D eigenvalue weighted by Gasteiger charge is 2.20. The molecule has 3 nitrogen and oxygen atoms in total. The number of nitrogens with zero attached hydrogens (tertiary/aromatic N) is 2. The maximum absolute atomic E-state index is 12.0. The van der Waals surface area contributed by atoms with Gasteiger partial charge in [0.2, 0.25) is 0 Å². The molecule has 84 valence electrons. The summed E-state index contributed by atoms with van der Waals surface area (Å²) in [5, 5.41) is 1.38. The van der Waals surface area contributed by atoms with Crippen molar-refractivity contribution in [3.05, 3.63) is 35.0 Å². The SMILES string of the molecule is CN(C)C(=O)c1c(Cl)n(C)c2ccccc12. The smallest absolute Gasteiger partial charge is 0.257 e. The van der Waals surface area contributed by atoms with Gasteiger partial charge in [0.15, 0.2) is 0 Å². The number of carbonyl (C=O) groups excluding carboxylic acids is 1. The minimum absolute atomic E-state index is 0.0678. The number of fused-ring (bicyclic) bond motifs is 1. The highest BCUT2D eigenvalue weighted by Crippen LogP contribution is 2.29. The molecular weight excluding hydrogens is 224 g/mol. The molecule has 0 aliphatic carbocycles. The average molecular weight is 237 g/mol. The van der Waals surface area contributed by atoms with Gasteiger partial charge in [-0.1, -0.05) is 29.8 Å². The molecular formula is C12H13ClN2O. The van der Waals surface area contributed by atoms with E-state index < -0.39 is 0 Å². The Balaban J connectivity index is 2.79. The van der Waals surface area contributed by atoms with Crippen LogP contribution in [-0.2, 0) is 7.05 Å². The summed E-state index contributed by atoms with van der Waals surface area (Å²) in [6.07, 6.45) is 0. The molecule has 0 fully saturated rings. The van der Waals surface area contributed by atoms with E-state index in [1.807, 2.05) is 35.9 Å². The Labute approximate surface area is 99.2 Å². The number of para-hydroxylation sites is 1. The van der Waals surface area contributed by atoms with E-state index in [4.69, 9.17) is 11.6 Å². The Bertz CT molecular complexity index is 557. The Kier molecular flexibility index (Phi) is 2.64. The van der Waals surface area contributed by atoms with Crippen molar-refractivity contribution >= 4 is 28.4 Å². The number of aryl methyl sites for hydroxylation is 1. The van der Waals surface area contributed by atoms with Gasteiger partial charge in [-0.05, 0) is 6.07 Å². The Hall–Kier alpha value is -1.48. The third-order valence-electron chi connectivity index (χ3n) is 2.66. The summed E-state index contributed by atoms with van der Waals surface area (Å²) in [6.45, 7) is 0. The first-order valence-corrected chi connectivity index (χ1v) is 5.36. The van der Waals surface area contributed by atoms with E-state index in [1.165, 1.54) is 4.90 Å². The van der Waals surface area contributed by atoms with Gasteiger partial charge in [0.25, 0.3) is 5.91 Å². The lowest BCUT2D eigenvalue weighted by Gasteiger charge is -2.09. The molecule has 2 rings (SSSR count). The second-order valence-electron chi connectivity index (χ2n) is 3.94. The summed E-state index contributed by atoms with van der Waals surface area (Å²) in [6, 6.07) is 7.71. The van der Waals surface area contributed by atoms with Crippen molar-refractivity contribution < 1.29 is 4.79 Å². The van der Waals surface area contributed by atoms with Crippen LogP contribution in [0.25, 0.3) is 10.9 Å². The molecule has 2 aromatic rings. The van der Waals surface area contributed by atoms with Gasteiger partial charge in [-0.2, -0.15) is 0 Å². The molecule has 0 spiro atoms. The maximum atomic E-state index is 12.0. The largest absolute Gasteiger partial charge is 0.345 e. The predicted molar refractivity (Wildman–Crippen MR) is 65.9 cm³/mol. The van der Waals surface area contributed by atoms with Crippen LogP contribution in [-0.4, -0.2) is 29.5 Å². The lowest BCUT2D eigenvalue weighted by atomic mass is 10.1. The number of hydrogen-bond donors (Lipinski definition) is 0. The van der Waals surface area contributed by atoms with Crippen LogP contribution in [0, 0.1) is 0 Å². The maximum Gasteiger partial charge on any atom is 0.257 e. The van der Waals surface area contributed by atoms with E-state index in [0.717, 1.165) is 10.9 Å². The van der Waals surface area contributed by atoms with E-state index in [1.54, 1.807) is 14.1 Å². The van der Waals surface area contributed by atoms with E-state index in [2.05, 4.69) is 0 Å². The normalized spacial score (nSPS) is 10.8. The van der Waals surface area contributed by atoms with Crippen molar-refractivity contribution in [2.75, 3.05) is 14.1 Å². The predicted octanol–water partition coefficient (Wildman–Crippen LogP) is 2.53. The molecule has 0 unspecified atom stereocenters. The molecule has 0 bridgehead atoms. The Morgan fingerprint density at radius 1 is 1.31 bits per heavy atom. The van der Waals surface area contributed by atoms with Gasteiger partial charge in [-0.3, -0.25) is 4.79 Å². The molecule has 0 radical (unpaired) electrons. The van der Waals surface area contributed by atoms with Crippen LogP contribution in [0.4, 0.5) is 0 Å². The van der Waals surface area contributed by atoms with Gasteiger partial charge in [-0.15, -0.1) is 0 Å². The quantitative estimate of drug-likeness (QED) is 0.747. The highest BCUT2D eigenvalue weighted by molar-refractivity contribution is 6.35. The molecule has 1 aromatic carbocycles. The van der Waals surface area contributed by atoms with Crippen molar-refractivity contribution in [2.24, 2.45) is 7.05 Å². The van der Waals surface area contributed by atoms with Crippen LogP contribution >= 0.6 is 11.6 Å². The van der Waals surface area contributed by atoms with Gasteiger partial charge in [0.05, 0.1) is 5.56 Å². The van der Waals surface area contributed by atoms with E-state index >= 15 is 0 Å². The zero-order chi connectivity index (χ0) is 11.9. The monoisotopic (exact) mass is 236 g/mol. The van der Waals surface area contributed by atoms with Gasteiger partial charge < -0.3 is 9.47 Å². The minimum atomic E-state index is -0.0678. The zero-order valence-electron chi connectivity index (χ0n) is 9.49. The molecule has 1 heterocycles. The molecule has 0 aliphatic rings. The fourth-order valence-electron chi connectivity index (χ4n) is 1.79. The average Bonchev–Trinajstić information content (AvgIpc) is 2.52. The van der Waals surface area contributed by atoms with Crippen LogP contribution in [0.15, 0.2) is 24.3 Å². The Morgan fingerprint density at radius 2 is 1.94 bits per heavy atom. The van der Waals surface area contributed by atoms with Gasteiger partial charge in [0.1, 0.15) is 5.15 Å². The van der Waals surface area contributed by atoms with Crippen LogP contribution < -0.4 is 0 Å². The van der Waals surface area contributed by atoms with Gasteiger partial charge in [-0.25, -0.2) is 0 Å². The molecule has 1 amide bonds. The summed E-state index contributed by atoms with van der Waals surface area (Å²) >= 11 is 6.19. The molecule has 0 saturated carbocycles. The lowest BCUT2D eigenvalue weighted by molar-refractivity contribution is 0.0829. The van der Waals surface area contributed by atoms with Gasteiger partial charge in [0, 0.05) is 32.0 Å². The third-order valence-corrected chi connectivity index (χ3v) is 3.10. The molecule has 0 aliphatic heterocycles. The molecule has 0 N–H and O–H groups in total. The summed E-state index contributed by atoms with van der Waals surface area (Å²) in [4.78, 5) is 13.6. The Morgan fingerprint density at radius 3 is 2.56 bits per heavy atom. The van der Waals surface area contributed by atoms with E-state index in [9.17, 15) is 4.79 Å². The second kappa shape index (κ2) is 3.83. The molecule has 0 saturated heterocycles. The van der Waals surface area contributed by atoms with Crippen molar-refractivity contribution in [1.29, 1.82) is 0 Å². The fraction of sp³-hybridized carbons (Fsp3) is 0.250. The molecule has 16 heavy (non-hydrogen) atoms. The number of amides is 1. The van der Waals surface area contributed by atoms with Crippen LogP contribution in [0.3, 0.4) is 0 Å². The van der Waals surface area contributed by atoms with Gasteiger partial charge >= 0.3 is 0 Å². The van der Waals surface area contributed by atoms with Crippen molar-refractivity contribution in [1.82, 2.24) is 9.47 Å². The standard InChI is InChI=1S/C12H13ClN2O/c1-14(2)12(16)10-8-6-4-5-7-9(8)15(3)11(10)13/h4-7H,1-3H3. The highest BCUT2D eigenvalue weighted by atomic mass is 35.5. The van der Waals surface area contributed by atoms with Crippen LogP contribution in [0.2, 0.25) is 5.15 Å². The fourth-order valence-corrected chi connectivity index (χ4v) is 2.06. The summed E-state index contributed by atoms with van der Waals surface area (Å²) < 4.78 is 1.83. The number of halogens is 1. The number of aromatic nitrogens is 1. The van der Waals surface area contributed by atoms with Crippen molar-refractivity contribution in [3.8, 4) is 0 Å². The number of benzene rings is 1. The third kappa shape index (κ3) is 1.48. The second-order valence-corrected chi connectivity index (χ2v) is 4.30. The van der Waals surface area contributed by atoms with Crippen molar-refractivity contribution in [3.63, 3.8) is 0 Å². The van der Waals surface area contributed by atoms with Crippen LogP contribution in [0.1, 0.15) is 10.4 Å². The number of carbonyl (C=O) groups is 1. The van der Waals surface area contributed by atoms with Crippen LogP contribution in [0.5, 0.6) is 0 Å².